The zero-order valence-electron chi connectivity index (χ0n) is 7.57. The molecule has 2 N–H and O–H groups in total. The summed E-state index contributed by atoms with van der Waals surface area (Å²) in [4.78, 5) is 10.4. The van der Waals surface area contributed by atoms with Crippen molar-refractivity contribution in [3.8, 4) is 0 Å². The number of amides is 1. The maximum atomic E-state index is 11.7. The molecule has 14 heavy (non-hydrogen) atoms. The summed E-state index contributed by atoms with van der Waals surface area (Å²) in [5, 5.41) is 4.79. The largest absolute Gasteiger partial charge is 0.471 e. The van der Waals surface area contributed by atoms with Crippen LogP contribution < -0.4 is 10.6 Å². The second-order valence-corrected chi connectivity index (χ2v) is 3.59. The van der Waals surface area contributed by atoms with Gasteiger partial charge in [0.15, 0.2) is 0 Å². The van der Waals surface area contributed by atoms with Crippen LogP contribution >= 0.6 is 12.4 Å². The van der Waals surface area contributed by atoms with Gasteiger partial charge in [0, 0.05) is 25.0 Å². The lowest BCUT2D eigenvalue weighted by Gasteiger charge is -2.39. The minimum atomic E-state index is -4.77. The van der Waals surface area contributed by atoms with E-state index in [1.165, 1.54) is 0 Å². The van der Waals surface area contributed by atoms with E-state index in [-0.39, 0.29) is 24.4 Å². The quantitative estimate of drug-likeness (QED) is 0.736. The van der Waals surface area contributed by atoms with Crippen molar-refractivity contribution < 1.29 is 18.0 Å². The summed E-state index contributed by atoms with van der Waals surface area (Å²) >= 11 is 0. The molecule has 7 heteroatoms. The van der Waals surface area contributed by atoms with Crippen LogP contribution in [-0.4, -0.2) is 31.7 Å². The SMILES string of the molecule is CC1(CNC(=O)C(F)(F)F)CNC1.Cl. The molecule has 1 fully saturated rings. The molecule has 1 saturated heterocycles. The Balaban J connectivity index is 0.00000169. The molecule has 0 atom stereocenters. The van der Waals surface area contributed by atoms with E-state index in [4.69, 9.17) is 0 Å². The number of rotatable bonds is 2. The molecule has 0 aliphatic carbocycles. The molecule has 1 heterocycles. The standard InChI is InChI=1S/C7H11F3N2O.ClH/c1-6(2-11-3-6)4-12-5(13)7(8,9)10;/h11H,2-4H2,1H3,(H,12,13);1H. The van der Waals surface area contributed by atoms with Crippen molar-refractivity contribution >= 4 is 18.3 Å². The summed E-state index contributed by atoms with van der Waals surface area (Å²) in [6, 6.07) is 0. The Kier molecular flexibility index (Phi) is 4.20. The van der Waals surface area contributed by atoms with E-state index in [1.54, 1.807) is 0 Å². The van der Waals surface area contributed by atoms with Gasteiger partial charge in [-0.1, -0.05) is 6.92 Å². The molecule has 0 bridgehead atoms. The minimum absolute atomic E-state index is 0. The molecule has 0 aromatic carbocycles. The van der Waals surface area contributed by atoms with Gasteiger partial charge in [0.05, 0.1) is 0 Å². The monoisotopic (exact) mass is 232 g/mol. The number of alkyl halides is 3. The van der Waals surface area contributed by atoms with Crippen LogP contribution in [0.15, 0.2) is 0 Å². The minimum Gasteiger partial charge on any atom is -0.348 e. The van der Waals surface area contributed by atoms with Gasteiger partial charge in [-0.3, -0.25) is 4.79 Å². The van der Waals surface area contributed by atoms with Crippen molar-refractivity contribution in [2.24, 2.45) is 5.41 Å². The molecular weight excluding hydrogens is 221 g/mol. The maximum absolute atomic E-state index is 11.7. The summed E-state index contributed by atoms with van der Waals surface area (Å²) < 4.78 is 35.2. The van der Waals surface area contributed by atoms with Gasteiger partial charge in [0.1, 0.15) is 0 Å². The van der Waals surface area contributed by atoms with E-state index >= 15 is 0 Å². The molecule has 0 aromatic rings. The third kappa shape index (κ3) is 3.34. The molecular formula is C7H12ClF3N2O. The van der Waals surface area contributed by atoms with Crippen molar-refractivity contribution in [2.75, 3.05) is 19.6 Å². The molecule has 0 spiro atoms. The maximum Gasteiger partial charge on any atom is 0.471 e. The van der Waals surface area contributed by atoms with Gasteiger partial charge >= 0.3 is 12.1 Å². The lowest BCUT2D eigenvalue weighted by atomic mass is 9.84. The fraction of sp³-hybridized carbons (Fsp3) is 0.857. The van der Waals surface area contributed by atoms with Crippen molar-refractivity contribution in [2.45, 2.75) is 13.1 Å². The third-order valence-corrected chi connectivity index (χ3v) is 2.04. The highest BCUT2D eigenvalue weighted by Gasteiger charge is 2.40. The van der Waals surface area contributed by atoms with E-state index in [1.807, 2.05) is 12.2 Å². The summed E-state index contributed by atoms with van der Waals surface area (Å²) in [6.45, 7) is 3.18. The number of carbonyl (C=O) groups is 1. The predicted octanol–water partition coefficient (Wildman–Crippen LogP) is 0.696. The van der Waals surface area contributed by atoms with E-state index in [0.717, 1.165) is 0 Å². The van der Waals surface area contributed by atoms with Crippen LogP contribution in [0.3, 0.4) is 0 Å². The lowest BCUT2D eigenvalue weighted by molar-refractivity contribution is -0.174. The second-order valence-electron chi connectivity index (χ2n) is 3.59. The Bertz CT molecular complexity index is 215. The van der Waals surface area contributed by atoms with Gasteiger partial charge in [-0.2, -0.15) is 13.2 Å². The van der Waals surface area contributed by atoms with Crippen LogP contribution in [0.1, 0.15) is 6.92 Å². The Morgan fingerprint density at radius 2 is 2.00 bits per heavy atom. The van der Waals surface area contributed by atoms with Gasteiger partial charge in [-0.05, 0) is 0 Å². The van der Waals surface area contributed by atoms with Gasteiger partial charge in [0.2, 0.25) is 0 Å². The summed E-state index contributed by atoms with van der Waals surface area (Å²) in [5.74, 6) is -1.86. The van der Waals surface area contributed by atoms with Crippen molar-refractivity contribution in [3.63, 3.8) is 0 Å². The smallest absolute Gasteiger partial charge is 0.348 e. The fourth-order valence-corrected chi connectivity index (χ4v) is 1.07. The Morgan fingerprint density at radius 1 is 1.50 bits per heavy atom. The molecule has 1 aliphatic heterocycles. The van der Waals surface area contributed by atoms with Gasteiger partial charge < -0.3 is 10.6 Å². The molecule has 1 amide bonds. The Morgan fingerprint density at radius 3 is 2.29 bits per heavy atom. The number of hydrogen-bond acceptors (Lipinski definition) is 2. The van der Waals surface area contributed by atoms with Crippen molar-refractivity contribution in [1.29, 1.82) is 0 Å². The first kappa shape index (κ1) is 13.5. The average molecular weight is 233 g/mol. The molecule has 0 radical (unpaired) electrons. The van der Waals surface area contributed by atoms with Crippen molar-refractivity contribution in [1.82, 2.24) is 10.6 Å². The molecule has 1 aliphatic rings. The van der Waals surface area contributed by atoms with E-state index in [0.29, 0.717) is 13.1 Å². The summed E-state index contributed by atoms with van der Waals surface area (Å²) in [6.07, 6.45) is -4.77. The molecule has 0 unspecified atom stereocenters. The van der Waals surface area contributed by atoms with Crippen LogP contribution in [0.2, 0.25) is 0 Å². The Hall–Kier alpha value is -0.490. The Labute approximate surface area is 85.8 Å². The van der Waals surface area contributed by atoms with E-state index in [2.05, 4.69) is 5.32 Å². The highest BCUT2D eigenvalue weighted by atomic mass is 35.5. The number of carbonyl (C=O) groups excluding carboxylic acids is 1. The summed E-state index contributed by atoms with van der Waals surface area (Å²) in [5.41, 5.74) is -0.221. The van der Waals surface area contributed by atoms with Crippen LogP contribution in [-0.2, 0) is 4.79 Å². The molecule has 3 nitrogen and oxygen atoms in total. The highest BCUT2D eigenvalue weighted by molar-refractivity contribution is 5.85. The molecule has 1 rings (SSSR count). The van der Waals surface area contributed by atoms with Crippen LogP contribution in [0, 0.1) is 5.41 Å². The number of halogens is 4. The zero-order chi connectivity index (χ0) is 10.1. The molecule has 0 saturated carbocycles. The first-order valence-corrected chi connectivity index (χ1v) is 3.89. The predicted molar refractivity (Wildman–Crippen MR) is 47.3 cm³/mol. The van der Waals surface area contributed by atoms with E-state index < -0.39 is 12.1 Å². The number of nitrogens with one attached hydrogen (secondary N) is 2. The second kappa shape index (κ2) is 4.35. The average Bonchev–Trinajstić information content (AvgIpc) is 1.94. The van der Waals surface area contributed by atoms with E-state index in [9.17, 15) is 18.0 Å². The normalized spacial score (nSPS) is 19.1. The topological polar surface area (TPSA) is 41.1 Å². The number of hydrogen-bond donors (Lipinski definition) is 2. The third-order valence-electron chi connectivity index (χ3n) is 2.04. The highest BCUT2D eigenvalue weighted by Crippen LogP contribution is 2.21. The first-order valence-electron chi connectivity index (χ1n) is 3.89. The zero-order valence-corrected chi connectivity index (χ0v) is 8.39. The van der Waals surface area contributed by atoms with Crippen LogP contribution in [0.5, 0.6) is 0 Å². The van der Waals surface area contributed by atoms with Gasteiger partial charge in [0.25, 0.3) is 0 Å². The molecule has 84 valence electrons. The first-order chi connectivity index (χ1) is 5.83. The summed E-state index contributed by atoms with van der Waals surface area (Å²) in [7, 11) is 0. The fourth-order valence-electron chi connectivity index (χ4n) is 1.07. The lowest BCUT2D eigenvalue weighted by Crippen LogP contribution is -2.57. The van der Waals surface area contributed by atoms with Gasteiger partial charge in [-0.15, -0.1) is 12.4 Å². The van der Waals surface area contributed by atoms with Crippen molar-refractivity contribution in [3.05, 3.63) is 0 Å². The van der Waals surface area contributed by atoms with Crippen LogP contribution in [0.25, 0.3) is 0 Å². The van der Waals surface area contributed by atoms with Crippen LogP contribution in [0.4, 0.5) is 13.2 Å². The van der Waals surface area contributed by atoms with Gasteiger partial charge in [-0.25, -0.2) is 0 Å². The molecule has 0 aromatic heterocycles.